The molecule has 12 nitrogen and oxygen atoms in total. The highest BCUT2D eigenvalue weighted by molar-refractivity contribution is 5.94. The zero-order valence-corrected chi connectivity index (χ0v) is 23.7. The van der Waals surface area contributed by atoms with E-state index in [9.17, 15) is 19.2 Å². The van der Waals surface area contributed by atoms with Crippen molar-refractivity contribution in [1.82, 2.24) is 9.80 Å². The maximum absolute atomic E-state index is 12.8. The molecule has 2 aliphatic heterocycles. The van der Waals surface area contributed by atoms with Gasteiger partial charge < -0.3 is 40.5 Å². The van der Waals surface area contributed by atoms with Gasteiger partial charge in [-0.1, -0.05) is 12.1 Å². The van der Waals surface area contributed by atoms with Gasteiger partial charge in [-0.25, -0.2) is 9.59 Å². The van der Waals surface area contributed by atoms with Crippen molar-refractivity contribution in [3.8, 4) is 0 Å². The second kappa shape index (κ2) is 13.0. The molecular formula is C30H38N6O6. The summed E-state index contributed by atoms with van der Waals surface area (Å²) >= 11 is 0. The van der Waals surface area contributed by atoms with Gasteiger partial charge in [0.1, 0.15) is 12.2 Å². The van der Waals surface area contributed by atoms with E-state index in [0.717, 1.165) is 11.4 Å². The predicted octanol–water partition coefficient (Wildman–Crippen LogP) is 2.41. The molecular weight excluding hydrogens is 540 g/mol. The molecule has 1 saturated carbocycles. The standard InChI is InChI=1S/C30H38N6O6/c31-27(37)21-3-1-5-23(19-21)33-11-15-35(16-12-33)29(39)41-25-7-9-26(10-8-25)42-30(40)36-17-13-34(14-18-36)24-6-2-4-22(20-24)28(32)38/h1-6,19-20,25-26H,7-18H2,(H2,31,37)(H2,32,38). The number of hydrogen-bond acceptors (Lipinski definition) is 8. The predicted molar refractivity (Wildman–Crippen MR) is 156 cm³/mol. The van der Waals surface area contributed by atoms with Gasteiger partial charge in [0.25, 0.3) is 0 Å². The van der Waals surface area contributed by atoms with Crippen LogP contribution in [0.2, 0.25) is 0 Å². The summed E-state index contributed by atoms with van der Waals surface area (Å²) in [6.07, 6.45) is 1.55. The summed E-state index contributed by atoms with van der Waals surface area (Å²) < 4.78 is 11.6. The fourth-order valence-corrected chi connectivity index (χ4v) is 5.71. The lowest BCUT2D eigenvalue weighted by atomic mass is 9.95. The topological polar surface area (TPSA) is 152 Å². The minimum Gasteiger partial charge on any atom is -0.446 e. The fourth-order valence-electron chi connectivity index (χ4n) is 5.71. The molecule has 5 rings (SSSR count). The van der Waals surface area contributed by atoms with Crippen LogP contribution in [-0.4, -0.2) is 98.4 Å². The van der Waals surface area contributed by atoms with Crippen LogP contribution in [0.4, 0.5) is 21.0 Å². The van der Waals surface area contributed by atoms with Crippen molar-refractivity contribution < 1.29 is 28.7 Å². The van der Waals surface area contributed by atoms with Gasteiger partial charge in [0, 0.05) is 74.9 Å². The second-order valence-electron chi connectivity index (χ2n) is 10.9. The summed E-state index contributed by atoms with van der Waals surface area (Å²) in [6, 6.07) is 14.4. The molecule has 0 bridgehead atoms. The molecule has 12 heteroatoms. The zero-order valence-electron chi connectivity index (χ0n) is 23.7. The van der Waals surface area contributed by atoms with Crippen LogP contribution in [-0.2, 0) is 9.47 Å². The number of amides is 4. The molecule has 1 aliphatic carbocycles. The van der Waals surface area contributed by atoms with E-state index in [4.69, 9.17) is 20.9 Å². The zero-order chi connectivity index (χ0) is 29.6. The Bertz CT molecular complexity index is 1200. The van der Waals surface area contributed by atoms with Gasteiger partial charge in [-0.05, 0) is 62.1 Å². The average Bonchev–Trinajstić information content (AvgIpc) is 3.02. The van der Waals surface area contributed by atoms with Crippen molar-refractivity contribution in [2.75, 3.05) is 62.2 Å². The maximum Gasteiger partial charge on any atom is 0.410 e. The molecule has 224 valence electrons. The Labute approximate surface area is 245 Å². The third kappa shape index (κ3) is 7.04. The first-order valence-electron chi connectivity index (χ1n) is 14.5. The fraction of sp³-hybridized carbons (Fsp3) is 0.467. The van der Waals surface area contributed by atoms with Gasteiger partial charge in [0.05, 0.1) is 0 Å². The van der Waals surface area contributed by atoms with Crippen LogP contribution < -0.4 is 21.3 Å². The number of benzene rings is 2. The molecule has 2 aromatic carbocycles. The first kappa shape index (κ1) is 29.0. The van der Waals surface area contributed by atoms with Gasteiger partial charge in [-0.2, -0.15) is 0 Å². The van der Waals surface area contributed by atoms with Crippen LogP contribution in [0, 0.1) is 0 Å². The van der Waals surface area contributed by atoms with Crippen LogP contribution in [0.3, 0.4) is 0 Å². The molecule has 0 atom stereocenters. The molecule has 3 fully saturated rings. The molecule has 2 saturated heterocycles. The summed E-state index contributed by atoms with van der Waals surface area (Å²) in [4.78, 5) is 56.3. The van der Waals surface area contributed by atoms with Gasteiger partial charge in [0.15, 0.2) is 0 Å². The highest BCUT2D eigenvalue weighted by Gasteiger charge is 2.31. The van der Waals surface area contributed by atoms with E-state index in [-0.39, 0.29) is 24.4 Å². The minimum atomic E-state index is -0.465. The van der Waals surface area contributed by atoms with Crippen LogP contribution in [0.5, 0.6) is 0 Å². The molecule has 0 radical (unpaired) electrons. The molecule has 0 aromatic heterocycles. The molecule has 0 unspecified atom stereocenters. The third-order valence-corrected chi connectivity index (χ3v) is 8.22. The van der Waals surface area contributed by atoms with Crippen molar-refractivity contribution in [1.29, 1.82) is 0 Å². The van der Waals surface area contributed by atoms with Crippen LogP contribution in [0.1, 0.15) is 46.4 Å². The van der Waals surface area contributed by atoms with E-state index in [1.54, 1.807) is 46.2 Å². The Balaban J connectivity index is 1.00. The third-order valence-electron chi connectivity index (χ3n) is 8.22. The van der Waals surface area contributed by atoms with Crippen molar-refractivity contribution in [3.63, 3.8) is 0 Å². The average molecular weight is 579 g/mol. The summed E-state index contributed by atoms with van der Waals surface area (Å²) in [5, 5.41) is 0. The lowest BCUT2D eigenvalue weighted by Gasteiger charge is -2.38. The maximum atomic E-state index is 12.8. The van der Waals surface area contributed by atoms with Gasteiger partial charge in [-0.15, -0.1) is 0 Å². The highest BCUT2D eigenvalue weighted by Crippen LogP contribution is 2.26. The summed E-state index contributed by atoms with van der Waals surface area (Å²) in [6.45, 7) is 4.63. The number of nitrogens with zero attached hydrogens (tertiary/aromatic N) is 4. The molecule has 2 heterocycles. The number of piperazine rings is 2. The second-order valence-corrected chi connectivity index (χ2v) is 10.9. The van der Waals surface area contributed by atoms with Gasteiger partial charge in [-0.3, -0.25) is 9.59 Å². The first-order valence-corrected chi connectivity index (χ1v) is 14.5. The lowest BCUT2D eigenvalue weighted by Crippen LogP contribution is -2.50. The number of primary amides is 2. The number of nitrogens with two attached hydrogens (primary N) is 2. The van der Waals surface area contributed by atoms with Crippen LogP contribution in [0.15, 0.2) is 48.5 Å². The first-order chi connectivity index (χ1) is 20.3. The van der Waals surface area contributed by atoms with Crippen molar-refractivity contribution in [2.24, 2.45) is 11.5 Å². The normalized spacial score (nSPS) is 21.0. The number of anilines is 2. The Morgan fingerprint density at radius 3 is 1.26 bits per heavy atom. The van der Waals surface area contributed by atoms with E-state index in [1.165, 1.54) is 0 Å². The largest absolute Gasteiger partial charge is 0.446 e. The van der Waals surface area contributed by atoms with E-state index >= 15 is 0 Å². The van der Waals surface area contributed by atoms with Crippen molar-refractivity contribution >= 4 is 35.4 Å². The summed E-state index contributed by atoms with van der Waals surface area (Å²) in [7, 11) is 0. The van der Waals surface area contributed by atoms with Gasteiger partial charge >= 0.3 is 12.2 Å². The van der Waals surface area contributed by atoms with E-state index in [2.05, 4.69) is 9.80 Å². The Morgan fingerprint density at radius 2 is 0.929 bits per heavy atom. The van der Waals surface area contributed by atoms with E-state index < -0.39 is 11.8 Å². The van der Waals surface area contributed by atoms with Gasteiger partial charge in [0.2, 0.25) is 11.8 Å². The quantitative estimate of drug-likeness (QED) is 0.530. The summed E-state index contributed by atoms with van der Waals surface area (Å²) in [5.41, 5.74) is 13.5. The van der Waals surface area contributed by atoms with Crippen LogP contribution >= 0.6 is 0 Å². The van der Waals surface area contributed by atoms with Crippen molar-refractivity contribution in [2.45, 2.75) is 37.9 Å². The van der Waals surface area contributed by atoms with E-state index in [1.807, 2.05) is 12.1 Å². The van der Waals surface area contributed by atoms with Crippen molar-refractivity contribution in [3.05, 3.63) is 59.7 Å². The van der Waals surface area contributed by atoms with E-state index in [0.29, 0.717) is 89.2 Å². The number of hydrogen-bond donors (Lipinski definition) is 2. The lowest BCUT2D eigenvalue weighted by molar-refractivity contribution is -0.000627. The molecule has 2 aromatic rings. The SMILES string of the molecule is NC(=O)c1cccc(N2CCN(C(=O)OC3CCC(OC(=O)N4CCN(c5cccc(C(N)=O)c5)CC4)CC3)CC2)c1. The van der Waals surface area contributed by atoms with Crippen LogP contribution in [0.25, 0.3) is 0 Å². The number of ether oxygens (including phenoxy) is 2. The number of rotatable bonds is 6. The molecule has 3 aliphatic rings. The Hall–Kier alpha value is -4.48. The molecule has 0 spiro atoms. The Morgan fingerprint density at radius 1 is 0.571 bits per heavy atom. The highest BCUT2D eigenvalue weighted by atomic mass is 16.6. The molecule has 42 heavy (non-hydrogen) atoms. The smallest absolute Gasteiger partial charge is 0.410 e. The Kier molecular flexibility index (Phi) is 8.99. The summed E-state index contributed by atoms with van der Waals surface area (Å²) in [5.74, 6) is -0.930. The minimum absolute atomic E-state index is 0.197. The molecule has 4 amide bonds. The monoisotopic (exact) mass is 578 g/mol. The molecule has 4 N–H and O–H groups in total. The number of carbonyl (C=O) groups is 4. The number of carbonyl (C=O) groups excluding carboxylic acids is 4.